The number of aromatic nitrogens is 3. The first kappa shape index (κ1) is 19.0. The third kappa shape index (κ3) is 4.22. The van der Waals surface area contributed by atoms with Gasteiger partial charge in [0.25, 0.3) is 5.91 Å². The lowest BCUT2D eigenvalue weighted by atomic mass is 10.1. The molecule has 0 radical (unpaired) electrons. The maximum absolute atomic E-state index is 12.4. The molecule has 0 unspecified atom stereocenters. The molecular weight excluding hydrogens is 388 g/mol. The van der Waals surface area contributed by atoms with Crippen LogP contribution in [0.5, 0.6) is 5.75 Å². The molecule has 1 amide bonds. The smallest absolute Gasteiger partial charge is 0.263 e. The van der Waals surface area contributed by atoms with E-state index in [2.05, 4.69) is 10.4 Å². The molecule has 146 valence electrons. The van der Waals surface area contributed by atoms with Crippen LogP contribution >= 0.6 is 11.6 Å². The average Bonchev–Trinajstić information content (AvgIpc) is 3.07. The summed E-state index contributed by atoms with van der Waals surface area (Å²) in [7, 11) is 0. The fraction of sp³-hybridized carbons (Fsp3) is 0.136. The van der Waals surface area contributed by atoms with Crippen molar-refractivity contribution in [3.8, 4) is 11.6 Å². The minimum absolute atomic E-state index is 0.129. The molecule has 6 nitrogen and oxygen atoms in total. The number of fused-ring (bicyclic) bond motifs is 1. The number of pyridine rings is 1. The summed E-state index contributed by atoms with van der Waals surface area (Å²) in [6.45, 7) is 3.77. The normalized spacial score (nSPS) is 10.9. The van der Waals surface area contributed by atoms with E-state index in [0.29, 0.717) is 22.4 Å². The Morgan fingerprint density at radius 3 is 2.66 bits per heavy atom. The van der Waals surface area contributed by atoms with E-state index in [-0.39, 0.29) is 12.5 Å². The van der Waals surface area contributed by atoms with Gasteiger partial charge < -0.3 is 10.1 Å². The number of rotatable bonds is 5. The van der Waals surface area contributed by atoms with E-state index >= 15 is 0 Å². The van der Waals surface area contributed by atoms with E-state index in [1.54, 1.807) is 35.0 Å². The number of ether oxygens (including phenoxy) is 1. The number of hydrogen-bond donors (Lipinski definition) is 1. The fourth-order valence-corrected chi connectivity index (χ4v) is 3.19. The van der Waals surface area contributed by atoms with Crippen LogP contribution in [-0.2, 0) is 4.79 Å². The van der Waals surface area contributed by atoms with Gasteiger partial charge in [0.2, 0.25) is 0 Å². The number of hydrogen-bond acceptors (Lipinski definition) is 4. The van der Waals surface area contributed by atoms with Crippen LogP contribution in [0.3, 0.4) is 0 Å². The number of benzene rings is 2. The van der Waals surface area contributed by atoms with E-state index in [1.807, 2.05) is 44.2 Å². The van der Waals surface area contributed by atoms with Crippen molar-refractivity contribution < 1.29 is 9.53 Å². The Morgan fingerprint density at radius 2 is 1.86 bits per heavy atom. The molecule has 4 aromatic rings. The Morgan fingerprint density at radius 1 is 1.10 bits per heavy atom. The lowest BCUT2D eigenvalue weighted by Gasteiger charge is -2.11. The van der Waals surface area contributed by atoms with Crippen molar-refractivity contribution >= 4 is 34.2 Å². The van der Waals surface area contributed by atoms with Gasteiger partial charge in [-0.25, -0.2) is 4.98 Å². The van der Waals surface area contributed by atoms with Gasteiger partial charge in [-0.3, -0.25) is 4.79 Å². The van der Waals surface area contributed by atoms with Crippen LogP contribution in [0.1, 0.15) is 11.3 Å². The number of carbonyl (C=O) groups is 1. The Labute approximate surface area is 173 Å². The Hall–Kier alpha value is -3.38. The quantitative estimate of drug-likeness (QED) is 0.521. The first-order valence-corrected chi connectivity index (χ1v) is 9.49. The first-order valence-electron chi connectivity index (χ1n) is 9.11. The van der Waals surface area contributed by atoms with Gasteiger partial charge in [-0.15, -0.1) is 0 Å². The van der Waals surface area contributed by atoms with Gasteiger partial charge in [0, 0.05) is 16.5 Å². The molecule has 0 bridgehead atoms. The number of nitrogens with zero attached hydrogens (tertiary/aromatic N) is 3. The summed E-state index contributed by atoms with van der Waals surface area (Å²) in [5, 5.41) is 9.04. The molecule has 29 heavy (non-hydrogen) atoms. The van der Waals surface area contributed by atoms with Crippen LogP contribution < -0.4 is 10.1 Å². The van der Waals surface area contributed by atoms with Gasteiger partial charge in [-0.05, 0) is 55.8 Å². The largest absolute Gasteiger partial charge is 0.484 e. The molecule has 0 atom stereocenters. The fourth-order valence-electron chi connectivity index (χ4n) is 3.06. The number of carbonyl (C=O) groups excluding carboxylic acids is 1. The number of amides is 1. The number of anilines is 1. The van der Waals surface area contributed by atoms with Crippen LogP contribution in [0.2, 0.25) is 5.02 Å². The highest BCUT2D eigenvalue weighted by molar-refractivity contribution is 6.30. The Bertz CT molecular complexity index is 1190. The van der Waals surface area contributed by atoms with E-state index in [0.717, 1.165) is 22.2 Å². The predicted molar refractivity (Wildman–Crippen MR) is 114 cm³/mol. The zero-order valence-electron chi connectivity index (χ0n) is 16.0. The van der Waals surface area contributed by atoms with E-state index < -0.39 is 0 Å². The van der Waals surface area contributed by atoms with Gasteiger partial charge in [-0.2, -0.15) is 9.78 Å². The molecule has 2 aromatic heterocycles. The maximum atomic E-state index is 12.4. The van der Waals surface area contributed by atoms with Gasteiger partial charge in [0.1, 0.15) is 11.6 Å². The third-order valence-corrected chi connectivity index (χ3v) is 4.66. The highest BCUT2D eigenvalue weighted by atomic mass is 35.5. The number of para-hydroxylation sites is 1. The predicted octanol–water partition coefficient (Wildman–Crippen LogP) is 4.71. The van der Waals surface area contributed by atoms with Crippen LogP contribution in [0.25, 0.3) is 16.7 Å². The van der Waals surface area contributed by atoms with Gasteiger partial charge in [-0.1, -0.05) is 29.8 Å². The number of halogens is 1. The Balaban J connectivity index is 1.55. The minimum Gasteiger partial charge on any atom is -0.484 e. The van der Waals surface area contributed by atoms with Gasteiger partial charge >= 0.3 is 0 Å². The standard InChI is InChI=1S/C22H19ClN4O2/c1-14-11-20(24-19-6-4-3-5-18(14)19)27-21(12-15(2)26-27)25-22(28)13-29-17-9-7-16(23)8-10-17/h3-12H,13H2,1-2H3,(H,25,28). The van der Waals surface area contributed by atoms with E-state index in [4.69, 9.17) is 21.3 Å². The lowest BCUT2D eigenvalue weighted by molar-refractivity contribution is -0.118. The molecule has 2 aromatic carbocycles. The van der Waals surface area contributed by atoms with Crippen LogP contribution in [0.4, 0.5) is 5.82 Å². The molecule has 7 heteroatoms. The molecule has 0 aliphatic rings. The first-order chi connectivity index (χ1) is 14.0. The zero-order valence-corrected chi connectivity index (χ0v) is 16.8. The summed E-state index contributed by atoms with van der Waals surface area (Å²) >= 11 is 5.86. The van der Waals surface area contributed by atoms with Crippen molar-refractivity contribution in [2.24, 2.45) is 0 Å². The molecule has 0 aliphatic heterocycles. The second kappa shape index (κ2) is 7.93. The second-order valence-corrected chi connectivity index (χ2v) is 7.12. The average molecular weight is 407 g/mol. The topological polar surface area (TPSA) is 69.0 Å². The summed E-state index contributed by atoms with van der Waals surface area (Å²) in [6, 6.07) is 18.5. The monoisotopic (exact) mass is 406 g/mol. The van der Waals surface area contributed by atoms with Gasteiger partial charge in [0.05, 0.1) is 11.2 Å². The van der Waals surface area contributed by atoms with Crippen molar-refractivity contribution in [2.75, 3.05) is 11.9 Å². The second-order valence-electron chi connectivity index (χ2n) is 6.69. The van der Waals surface area contributed by atoms with Crippen molar-refractivity contribution in [2.45, 2.75) is 13.8 Å². The molecule has 0 saturated heterocycles. The summed E-state index contributed by atoms with van der Waals surface area (Å²) in [5.74, 6) is 1.46. The molecule has 0 spiro atoms. The van der Waals surface area contributed by atoms with Crippen LogP contribution in [0, 0.1) is 13.8 Å². The van der Waals surface area contributed by atoms with Crippen molar-refractivity contribution in [3.63, 3.8) is 0 Å². The number of aryl methyl sites for hydroxylation is 2. The summed E-state index contributed by atoms with van der Waals surface area (Å²) in [4.78, 5) is 17.1. The van der Waals surface area contributed by atoms with E-state index in [9.17, 15) is 4.79 Å². The van der Waals surface area contributed by atoms with Crippen molar-refractivity contribution in [1.82, 2.24) is 14.8 Å². The third-order valence-electron chi connectivity index (χ3n) is 4.41. The highest BCUT2D eigenvalue weighted by Gasteiger charge is 2.14. The lowest BCUT2D eigenvalue weighted by Crippen LogP contribution is -2.22. The molecule has 2 heterocycles. The molecule has 0 saturated carbocycles. The molecular formula is C22H19ClN4O2. The van der Waals surface area contributed by atoms with Crippen molar-refractivity contribution in [3.05, 3.63) is 76.9 Å². The number of nitrogens with one attached hydrogen (secondary N) is 1. The highest BCUT2D eigenvalue weighted by Crippen LogP contribution is 2.22. The molecule has 4 rings (SSSR count). The maximum Gasteiger partial charge on any atom is 0.263 e. The minimum atomic E-state index is -0.293. The van der Waals surface area contributed by atoms with Crippen molar-refractivity contribution in [1.29, 1.82) is 0 Å². The SMILES string of the molecule is Cc1cc(NC(=O)COc2ccc(Cl)cc2)n(-c2cc(C)c3ccccc3n2)n1. The molecule has 1 N–H and O–H groups in total. The molecule has 0 fully saturated rings. The van der Waals surface area contributed by atoms with Crippen LogP contribution in [-0.4, -0.2) is 27.3 Å². The Kier molecular flexibility index (Phi) is 5.18. The summed E-state index contributed by atoms with van der Waals surface area (Å²) < 4.78 is 7.14. The van der Waals surface area contributed by atoms with Gasteiger partial charge in [0.15, 0.2) is 12.4 Å². The summed E-state index contributed by atoms with van der Waals surface area (Å²) in [5.41, 5.74) is 2.73. The zero-order chi connectivity index (χ0) is 20.4. The van der Waals surface area contributed by atoms with E-state index in [1.165, 1.54) is 0 Å². The van der Waals surface area contributed by atoms with Crippen LogP contribution in [0.15, 0.2) is 60.7 Å². The molecule has 0 aliphatic carbocycles. The summed E-state index contributed by atoms with van der Waals surface area (Å²) in [6.07, 6.45) is 0.